The van der Waals surface area contributed by atoms with E-state index in [0.29, 0.717) is 17.9 Å². The molecule has 0 aliphatic rings. The van der Waals surface area contributed by atoms with Crippen LogP contribution < -0.4 is 14.4 Å². The number of nitrogens with zero attached hydrogens (tertiary/aromatic N) is 1. The number of aryl methyl sites for hydroxylation is 1. The summed E-state index contributed by atoms with van der Waals surface area (Å²) in [4.78, 5) is 12.4. The van der Waals surface area contributed by atoms with Crippen LogP contribution in [0.4, 0.5) is 5.69 Å². The first-order valence-electron chi connectivity index (χ1n) is 8.21. The van der Waals surface area contributed by atoms with Gasteiger partial charge in [0.15, 0.2) is 0 Å². The Morgan fingerprint density at radius 1 is 1.19 bits per heavy atom. The molecule has 1 amide bonds. The van der Waals surface area contributed by atoms with Crippen LogP contribution in [-0.4, -0.2) is 40.3 Å². The van der Waals surface area contributed by atoms with Crippen LogP contribution in [0.5, 0.6) is 5.75 Å². The van der Waals surface area contributed by atoms with E-state index >= 15 is 0 Å². The third-order valence-electron chi connectivity index (χ3n) is 3.87. The molecule has 0 radical (unpaired) electrons. The van der Waals surface area contributed by atoms with Crippen molar-refractivity contribution in [3.63, 3.8) is 0 Å². The van der Waals surface area contributed by atoms with Gasteiger partial charge in [-0.05, 0) is 44.2 Å². The number of rotatable bonds is 7. The summed E-state index contributed by atoms with van der Waals surface area (Å²) < 4.78 is 30.1. The Balaban J connectivity index is 1.97. The molecule has 0 unspecified atom stereocenters. The topological polar surface area (TPSA) is 75.7 Å². The average Bonchev–Trinajstić information content (AvgIpc) is 2.60. The largest absolute Gasteiger partial charge is 0.491 e. The molecule has 7 heteroatoms. The quantitative estimate of drug-likeness (QED) is 0.806. The second-order valence-corrected chi connectivity index (χ2v) is 8.29. The molecule has 1 N–H and O–H groups in total. The summed E-state index contributed by atoms with van der Waals surface area (Å²) in [6, 6.07) is 14.0. The van der Waals surface area contributed by atoms with Crippen molar-refractivity contribution in [2.24, 2.45) is 0 Å². The Morgan fingerprint density at radius 3 is 2.46 bits per heavy atom. The highest BCUT2D eigenvalue weighted by molar-refractivity contribution is 7.92. The van der Waals surface area contributed by atoms with Crippen LogP contribution in [0.1, 0.15) is 22.8 Å². The normalized spacial score (nSPS) is 12.3. The number of hydrogen-bond acceptors (Lipinski definition) is 4. The lowest BCUT2D eigenvalue weighted by Gasteiger charge is -2.18. The summed E-state index contributed by atoms with van der Waals surface area (Å²) >= 11 is 0. The number of nitrogens with one attached hydrogen (secondary N) is 1. The van der Waals surface area contributed by atoms with Crippen molar-refractivity contribution in [2.45, 2.75) is 19.9 Å². The number of anilines is 1. The molecule has 6 nitrogen and oxygen atoms in total. The number of hydrogen-bond donors (Lipinski definition) is 1. The molecule has 0 saturated heterocycles. The van der Waals surface area contributed by atoms with Gasteiger partial charge in [-0.25, -0.2) is 8.42 Å². The Kier molecular flexibility index (Phi) is 6.26. The van der Waals surface area contributed by atoms with E-state index in [1.165, 1.54) is 7.05 Å². The van der Waals surface area contributed by atoms with Crippen molar-refractivity contribution in [3.05, 3.63) is 59.7 Å². The van der Waals surface area contributed by atoms with Crippen molar-refractivity contribution in [1.29, 1.82) is 0 Å². The molecule has 0 aromatic heterocycles. The molecule has 0 fully saturated rings. The molecule has 0 aliphatic carbocycles. The van der Waals surface area contributed by atoms with Crippen molar-refractivity contribution in [1.82, 2.24) is 5.32 Å². The minimum atomic E-state index is -3.38. The van der Waals surface area contributed by atoms with Gasteiger partial charge in [0.05, 0.1) is 18.0 Å². The van der Waals surface area contributed by atoms with Gasteiger partial charge in [0.25, 0.3) is 5.91 Å². The maximum Gasteiger partial charge on any atom is 0.251 e. The number of carbonyl (C=O) groups is 1. The minimum absolute atomic E-state index is 0.208. The van der Waals surface area contributed by atoms with Crippen LogP contribution >= 0.6 is 0 Å². The Morgan fingerprint density at radius 2 is 1.85 bits per heavy atom. The van der Waals surface area contributed by atoms with Crippen LogP contribution in [-0.2, 0) is 10.0 Å². The van der Waals surface area contributed by atoms with E-state index < -0.39 is 10.0 Å². The summed E-state index contributed by atoms with van der Waals surface area (Å²) in [6.45, 7) is 4.18. The molecule has 0 bridgehead atoms. The summed E-state index contributed by atoms with van der Waals surface area (Å²) in [5.41, 5.74) is 1.97. The lowest BCUT2D eigenvalue weighted by Crippen LogP contribution is -2.36. The standard InChI is InChI=1S/C19H24N2O4S/c1-14-8-10-18(11-9-14)25-13-15(2)20-19(22)16-6-5-7-17(12-16)21(3)26(4,23)24/h5-12,15H,13H2,1-4H3,(H,20,22)/t15-/m0/s1. The zero-order chi connectivity index (χ0) is 19.3. The highest BCUT2D eigenvalue weighted by atomic mass is 32.2. The number of carbonyl (C=O) groups excluding carboxylic acids is 1. The van der Waals surface area contributed by atoms with E-state index in [0.717, 1.165) is 21.9 Å². The molecule has 26 heavy (non-hydrogen) atoms. The van der Waals surface area contributed by atoms with Crippen molar-refractivity contribution in [3.8, 4) is 5.75 Å². The van der Waals surface area contributed by atoms with Gasteiger partial charge in [0.1, 0.15) is 12.4 Å². The molecule has 0 aliphatic heterocycles. The second-order valence-electron chi connectivity index (χ2n) is 6.28. The lowest BCUT2D eigenvalue weighted by molar-refractivity contribution is 0.0926. The molecule has 0 saturated carbocycles. The van der Waals surface area contributed by atoms with E-state index in [1.807, 2.05) is 38.1 Å². The maximum absolute atomic E-state index is 12.4. The Bertz CT molecular complexity index is 863. The van der Waals surface area contributed by atoms with Gasteiger partial charge in [-0.3, -0.25) is 9.10 Å². The fourth-order valence-corrected chi connectivity index (χ4v) is 2.74. The number of ether oxygens (including phenoxy) is 1. The van der Waals surface area contributed by atoms with E-state index in [-0.39, 0.29) is 11.9 Å². The van der Waals surface area contributed by atoms with Crippen LogP contribution in [0, 0.1) is 6.92 Å². The van der Waals surface area contributed by atoms with Gasteiger partial charge >= 0.3 is 0 Å². The van der Waals surface area contributed by atoms with Gasteiger partial charge in [-0.1, -0.05) is 23.8 Å². The predicted molar refractivity (Wildman–Crippen MR) is 103 cm³/mol. The van der Waals surface area contributed by atoms with Gasteiger partial charge in [0, 0.05) is 12.6 Å². The third-order valence-corrected chi connectivity index (χ3v) is 5.07. The summed E-state index contributed by atoms with van der Waals surface area (Å²) in [7, 11) is -1.93. The highest BCUT2D eigenvalue weighted by Gasteiger charge is 2.15. The van der Waals surface area contributed by atoms with Gasteiger partial charge in [-0.2, -0.15) is 0 Å². The zero-order valence-electron chi connectivity index (χ0n) is 15.4. The van der Waals surface area contributed by atoms with E-state index in [2.05, 4.69) is 5.32 Å². The fraction of sp³-hybridized carbons (Fsp3) is 0.316. The van der Waals surface area contributed by atoms with Crippen molar-refractivity contribution in [2.75, 3.05) is 24.2 Å². The molecular formula is C19H24N2O4S. The Labute approximate surface area is 154 Å². The first-order chi connectivity index (χ1) is 12.2. The SMILES string of the molecule is Cc1ccc(OC[C@H](C)NC(=O)c2cccc(N(C)S(C)(=O)=O)c2)cc1. The zero-order valence-corrected chi connectivity index (χ0v) is 16.2. The van der Waals surface area contributed by atoms with Crippen molar-refractivity contribution < 1.29 is 17.9 Å². The van der Waals surface area contributed by atoms with Crippen LogP contribution in [0.25, 0.3) is 0 Å². The van der Waals surface area contributed by atoms with Crippen LogP contribution in [0.15, 0.2) is 48.5 Å². The summed E-state index contributed by atoms with van der Waals surface area (Å²) in [6.07, 6.45) is 1.12. The average molecular weight is 376 g/mol. The van der Waals surface area contributed by atoms with Crippen LogP contribution in [0.3, 0.4) is 0 Å². The molecule has 140 valence electrons. The first kappa shape index (κ1) is 19.8. The molecule has 1 atom stereocenters. The van der Waals surface area contributed by atoms with Crippen LogP contribution in [0.2, 0.25) is 0 Å². The van der Waals surface area contributed by atoms with Gasteiger partial charge in [0.2, 0.25) is 10.0 Å². The van der Waals surface area contributed by atoms with Crippen molar-refractivity contribution >= 4 is 21.6 Å². The smallest absolute Gasteiger partial charge is 0.251 e. The third kappa shape index (κ3) is 5.49. The lowest BCUT2D eigenvalue weighted by atomic mass is 10.2. The van der Waals surface area contributed by atoms with E-state index in [1.54, 1.807) is 24.3 Å². The van der Waals surface area contributed by atoms with E-state index in [4.69, 9.17) is 4.74 Å². The number of benzene rings is 2. The maximum atomic E-state index is 12.4. The number of amides is 1. The van der Waals surface area contributed by atoms with Gasteiger partial charge < -0.3 is 10.1 Å². The summed E-state index contributed by atoms with van der Waals surface area (Å²) in [5.74, 6) is 0.460. The van der Waals surface area contributed by atoms with E-state index in [9.17, 15) is 13.2 Å². The molecule has 0 heterocycles. The second kappa shape index (κ2) is 8.23. The Hall–Kier alpha value is -2.54. The fourth-order valence-electron chi connectivity index (χ4n) is 2.24. The predicted octanol–water partition coefficient (Wildman–Crippen LogP) is 2.59. The molecule has 2 aromatic carbocycles. The molecule has 0 spiro atoms. The molecular weight excluding hydrogens is 352 g/mol. The molecule has 2 aromatic rings. The monoisotopic (exact) mass is 376 g/mol. The highest BCUT2D eigenvalue weighted by Crippen LogP contribution is 2.17. The molecule has 2 rings (SSSR count). The van der Waals surface area contributed by atoms with Gasteiger partial charge in [-0.15, -0.1) is 0 Å². The summed E-state index contributed by atoms with van der Waals surface area (Å²) in [5, 5.41) is 2.85. The number of sulfonamides is 1. The first-order valence-corrected chi connectivity index (χ1v) is 10.1. The minimum Gasteiger partial charge on any atom is -0.491 e.